The van der Waals surface area contributed by atoms with Gasteiger partial charge in [0.25, 0.3) is 5.56 Å². The molecule has 0 bridgehead atoms. The molecule has 0 aliphatic carbocycles. The van der Waals surface area contributed by atoms with Crippen molar-refractivity contribution in [3.05, 3.63) is 52.4 Å². The number of hydrogen-bond donors (Lipinski definition) is 2. The average Bonchev–Trinajstić information content (AvgIpc) is 3.23. The Labute approximate surface area is 163 Å². The highest BCUT2D eigenvalue weighted by molar-refractivity contribution is 5.76. The van der Waals surface area contributed by atoms with Crippen molar-refractivity contribution < 1.29 is 5.11 Å². The predicted molar refractivity (Wildman–Crippen MR) is 110 cm³/mol. The summed E-state index contributed by atoms with van der Waals surface area (Å²) in [6.07, 6.45) is 3.88. The van der Waals surface area contributed by atoms with Gasteiger partial charge in [-0.3, -0.25) is 9.78 Å². The van der Waals surface area contributed by atoms with E-state index in [-0.39, 0.29) is 17.6 Å². The third kappa shape index (κ3) is 2.53. The van der Waals surface area contributed by atoms with E-state index in [2.05, 4.69) is 46.1 Å². The number of likely N-dealkylation sites (N-methyl/N-ethyl adjacent to an activating group) is 1. The molecular weight excluding hydrogens is 354 g/mol. The number of benzene rings is 1. The number of nitrogens with zero attached hydrogens (tertiary/aromatic N) is 4. The smallest absolute Gasteiger partial charge is 0.261 e. The van der Waals surface area contributed by atoms with Gasteiger partial charge in [-0.2, -0.15) is 4.98 Å². The van der Waals surface area contributed by atoms with Crippen LogP contribution < -0.4 is 15.4 Å². The molecule has 2 aromatic heterocycles. The third-order valence-electron chi connectivity index (χ3n) is 6.40. The molecule has 7 heteroatoms. The number of aromatic nitrogens is 3. The van der Waals surface area contributed by atoms with Crippen molar-refractivity contribution in [3.8, 4) is 0 Å². The van der Waals surface area contributed by atoms with Crippen molar-refractivity contribution in [1.82, 2.24) is 14.5 Å². The van der Waals surface area contributed by atoms with Gasteiger partial charge in [-0.25, -0.2) is 0 Å². The molecule has 28 heavy (non-hydrogen) atoms. The van der Waals surface area contributed by atoms with Crippen LogP contribution in [0, 0.1) is 0 Å². The number of aromatic amines is 1. The van der Waals surface area contributed by atoms with Crippen LogP contribution in [-0.4, -0.2) is 52.9 Å². The zero-order chi connectivity index (χ0) is 19.3. The number of aliphatic hydroxyl groups is 1. The first-order valence-corrected chi connectivity index (χ1v) is 9.87. The number of H-pyrrole nitrogens is 1. The van der Waals surface area contributed by atoms with Crippen LogP contribution in [0.3, 0.4) is 0 Å². The Balaban J connectivity index is 1.43. The molecule has 7 nitrogen and oxygen atoms in total. The molecule has 1 spiro atoms. The maximum atomic E-state index is 12.5. The Kier molecular flexibility index (Phi) is 3.94. The van der Waals surface area contributed by atoms with Crippen LogP contribution in [0.15, 0.2) is 41.3 Å². The van der Waals surface area contributed by atoms with E-state index in [1.54, 1.807) is 6.07 Å². The molecule has 2 aliphatic rings. The zero-order valence-corrected chi connectivity index (χ0v) is 16.1. The Morgan fingerprint density at radius 1 is 1.21 bits per heavy atom. The maximum Gasteiger partial charge on any atom is 0.261 e. The van der Waals surface area contributed by atoms with Crippen molar-refractivity contribution in [2.45, 2.75) is 24.8 Å². The predicted octanol–water partition coefficient (Wildman–Crippen LogP) is 1.70. The number of anilines is 2. The molecule has 1 fully saturated rings. The van der Waals surface area contributed by atoms with Crippen LogP contribution >= 0.6 is 0 Å². The first kappa shape index (κ1) is 17.3. The van der Waals surface area contributed by atoms with E-state index in [0.717, 1.165) is 32.5 Å². The number of hydrogen-bond acceptors (Lipinski definition) is 5. The number of para-hydroxylation sites is 1. The minimum atomic E-state index is -0.122. The van der Waals surface area contributed by atoms with Crippen LogP contribution in [-0.2, 0) is 12.0 Å². The van der Waals surface area contributed by atoms with Crippen LogP contribution in [0.4, 0.5) is 11.6 Å². The molecular formula is C21H25N5O2. The molecule has 1 aromatic carbocycles. The molecule has 5 rings (SSSR count). The Morgan fingerprint density at radius 2 is 2.00 bits per heavy atom. The summed E-state index contributed by atoms with van der Waals surface area (Å²) in [6.45, 7) is 3.22. The molecule has 0 saturated carbocycles. The molecule has 0 radical (unpaired) electrons. The molecule has 0 unspecified atom stereocenters. The van der Waals surface area contributed by atoms with Gasteiger partial charge < -0.3 is 19.5 Å². The summed E-state index contributed by atoms with van der Waals surface area (Å²) in [5, 5.41) is 9.82. The fourth-order valence-corrected chi connectivity index (χ4v) is 4.95. The van der Waals surface area contributed by atoms with Gasteiger partial charge in [0.05, 0.1) is 12.0 Å². The second kappa shape index (κ2) is 6.38. The van der Waals surface area contributed by atoms with Crippen LogP contribution in [0.5, 0.6) is 0 Å². The summed E-state index contributed by atoms with van der Waals surface area (Å²) in [4.78, 5) is 24.7. The zero-order valence-electron chi connectivity index (χ0n) is 16.1. The first-order chi connectivity index (χ1) is 13.6. The molecule has 2 N–H and O–H groups in total. The topological polar surface area (TPSA) is 77.4 Å². The van der Waals surface area contributed by atoms with E-state index >= 15 is 0 Å². The summed E-state index contributed by atoms with van der Waals surface area (Å²) in [6, 6.07) is 10.5. The van der Waals surface area contributed by atoms with E-state index in [0.29, 0.717) is 23.5 Å². The van der Waals surface area contributed by atoms with Crippen molar-refractivity contribution in [3.63, 3.8) is 0 Å². The number of fused-ring (bicyclic) bond motifs is 3. The highest BCUT2D eigenvalue weighted by Gasteiger charge is 2.43. The van der Waals surface area contributed by atoms with Gasteiger partial charge in [0.15, 0.2) is 0 Å². The lowest BCUT2D eigenvalue weighted by Gasteiger charge is -2.40. The van der Waals surface area contributed by atoms with Gasteiger partial charge in [0.2, 0.25) is 5.95 Å². The summed E-state index contributed by atoms with van der Waals surface area (Å²) in [5.74, 6) is 0.630. The minimum Gasteiger partial charge on any atom is -0.395 e. The van der Waals surface area contributed by atoms with Gasteiger partial charge >= 0.3 is 0 Å². The van der Waals surface area contributed by atoms with Crippen LogP contribution in [0.2, 0.25) is 0 Å². The minimum absolute atomic E-state index is 0.0206. The number of aliphatic hydroxyl groups excluding tert-OH is 1. The van der Waals surface area contributed by atoms with Crippen molar-refractivity contribution in [1.29, 1.82) is 0 Å². The fourth-order valence-electron chi connectivity index (χ4n) is 4.95. The van der Waals surface area contributed by atoms with Gasteiger partial charge in [-0.1, -0.05) is 18.2 Å². The third-order valence-corrected chi connectivity index (χ3v) is 6.40. The lowest BCUT2D eigenvalue weighted by molar-refractivity contribution is 0.278. The monoisotopic (exact) mass is 379 g/mol. The maximum absolute atomic E-state index is 12.5. The van der Waals surface area contributed by atoms with Crippen LogP contribution in [0.25, 0.3) is 11.0 Å². The summed E-state index contributed by atoms with van der Waals surface area (Å²) >= 11 is 0. The lowest BCUT2D eigenvalue weighted by atomic mass is 9.74. The molecule has 1 saturated heterocycles. The Bertz CT molecular complexity index is 1080. The summed E-state index contributed by atoms with van der Waals surface area (Å²) < 4.78 is 1.84. The van der Waals surface area contributed by atoms with E-state index in [1.807, 2.05) is 10.8 Å². The molecule has 0 atom stereocenters. The number of rotatable bonds is 3. The quantitative estimate of drug-likeness (QED) is 0.724. The van der Waals surface area contributed by atoms with E-state index in [9.17, 15) is 9.90 Å². The standard InChI is InChI=1S/C21H25N5O2/c1-24-14-21(16-4-2-3-5-17(16)24)7-10-26(11-8-21)20-22-18-15(19(28)23-20)6-9-25(18)12-13-27/h2-6,9,27H,7-8,10-14H2,1H3,(H,22,23,28). The molecule has 0 amide bonds. The van der Waals surface area contributed by atoms with Crippen molar-refractivity contribution in [2.24, 2.45) is 0 Å². The first-order valence-electron chi connectivity index (χ1n) is 9.87. The number of piperidine rings is 1. The van der Waals surface area contributed by atoms with Crippen LogP contribution in [0.1, 0.15) is 18.4 Å². The average molecular weight is 379 g/mol. The van der Waals surface area contributed by atoms with Gasteiger partial charge in [-0.05, 0) is 30.5 Å². The van der Waals surface area contributed by atoms with E-state index in [1.165, 1.54) is 11.3 Å². The molecule has 2 aliphatic heterocycles. The second-order valence-corrected chi connectivity index (χ2v) is 8.00. The van der Waals surface area contributed by atoms with Crippen molar-refractivity contribution >= 4 is 22.7 Å². The number of nitrogens with one attached hydrogen (secondary N) is 1. The van der Waals surface area contributed by atoms with Gasteiger partial charge in [-0.15, -0.1) is 0 Å². The lowest BCUT2D eigenvalue weighted by Crippen LogP contribution is -2.45. The molecule has 4 heterocycles. The summed E-state index contributed by atoms with van der Waals surface area (Å²) in [7, 11) is 2.17. The van der Waals surface area contributed by atoms with Gasteiger partial charge in [0.1, 0.15) is 5.65 Å². The van der Waals surface area contributed by atoms with Gasteiger partial charge in [0, 0.05) is 50.5 Å². The van der Waals surface area contributed by atoms with E-state index in [4.69, 9.17) is 4.98 Å². The molecule has 146 valence electrons. The Hall–Kier alpha value is -2.80. The largest absolute Gasteiger partial charge is 0.395 e. The highest BCUT2D eigenvalue weighted by Crippen LogP contribution is 2.46. The van der Waals surface area contributed by atoms with E-state index < -0.39 is 0 Å². The van der Waals surface area contributed by atoms with Crippen molar-refractivity contribution in [2.75, 3.05) is 43.1 Å². The Morgan fingerprint density at radius 3 is 2.79 bits per heavy atom. The SMILES string of the molecule is CN1CC2(CCN(c3nc4c(ccn4CCO)c(=O)[nH]3)CC2)c2ccccc21. The fraction of sp³-hybridized carbons (Fsp3) is 0.429. The molecule has 3 aromatic rings. The normalized spacial score (nSPS) is 18.2. The summed E-state index contributed by atoms with van der Waals surface area (Å²) in [5.41, 5.74) is 3.49. The highest BCUT2D eigenvalue weighted by atomic mass is 16.3. The second-order valence-electron chi connectivity index (χ2n) is 8.00.